The largest absolute Gasteiger partial charge is 0.490 e. The summed E-state index contributed by atoms with van der Waals surface area (Å²) in [5.41, 5.74) is 5.46. The van der Waals surface area contributed by atoms with Crippen molar-refractivity contribution >= 4 is 29.3 Å². The molecule has 8 heteroatoms. The van der Waals surface area contributed by atoms with Crippen molar-refractivity contribution in [2.45, 2.75) is 79.2 Å². The van der Waals surface area contributed by atoms with Gasteiger partial charge in [-0.05, 0) is 87.3 Å². The van der Waals surface area contributed by atoms with Gasteiger partial charge in [0.15, 0.2) is 0 Å². The van der Waals surface area contributed by atoms with Gasteiger partial charge >= 0.3 is 11.9 Å². The Balaban J connectivity index is 1.95. The molecular formula is C33H41NO7. The lowest BCUT2D eigenvalue weighted by molar-refractivity contribution is -0.150. The van der Waals surface area contributed by atoms with Crippen molar-refractivity contribution < 1.29 is 34.1 Å². The zero-order valence-electron chi connectivity index (χ0n) is 24.5. The number of allylic oxidation sites excluding steroid dienone is 9. The SMILES string of the molecule is CC(C=CC1=C(C)CCCC1(C)C)=CC=CC(C)=CC(=O)Nc1ccc(OC(CCC(=O)O)CC(=O)C(=O)O)cc1. The number of nitrogens with one attached hydrogen (secondary N) is 1. The van der Waals surface area contributed by atoms with Gasteiger partial charge in [-0.15, -0.1) is 0 Å². The summed E-state index contributed by atoms with van der Waals surface area (Å²) in [5.74, 6) is -3.72. The fourth-order valence-corrected chi connectivity index (χ4v) is 4.66. The van der Waals surface area contributed by atoms with Crippen LogP contribution < -0.4 is 10.1 Å². The maximum atomic E-state index is 12.5. The summed E-state index contributed by atoms with van der Waals surface area (Å²) in [6, 6.07) is 6.31. The van der Waals surface area contributed by atoms with Crippen LogP contribution in [0.15, 0.2) is 83.0 Å². The van der Waals surface area contributed by atoms with Crippen LogP contribution in [-0.4, -0.2) is 39.9 Å². The van der Waals surface area contributed by atoms with E-state index in [1.54, 1.807) is 24.3 Å². The van der Waals surface area contributed by atoms with Crippen LogP contribution in [0.25, 0.3) is 0 Å². The van der Waals surface area contributed by atoms with Gasteiger partial charge in [0, 0.05) is 18.2 Å². The highest BCUT2D eigenvalue weighted by Crippen LogP contribution is 2.40. The van der Waals surface area contributed by atoms with Crippen LogP contribution in [0.1, 0.15) is 73.1 Å². The van der Waals surface area contributed by atoms with E-state index in [1.165, 1.54) is 30.1 Å². The van der Waals surface area contributed by atoms with Crippen molar-refractivity contribution in [1.29, 1.82) is 0 Å². The topological polar surface area (TPSA) is 130 Å². The van der Waals surface area contributed by atoms with Crippen LogP contribution >= 0.6 is 0 Å². The van der Waals surface area contributed by atoms with Gasteiger partial charge in [-0.2, -0.15) is 0 Å². The molecule has 3 N–H and O–H groups in total. The van der Waals surface area contributed by atoms with E-state index in [2.05, 4.69) is 38.2 Å². The summed E-state index contributed by atoms with van der Waals surface area (Å²) in [6.45, 7) is 10.7. The van der Waals surface area contributed by atoms with Gasteiger partial charge in [0.1, 0.15) is 11.9 Å². The fraction of sp³-hybridized carbons (Fsp3) is 0.394. The molecule has 0 saturated heterocycles. The number of ether oxygens (including phenoxy) is 1. The van der Waals surface area contributed by atoms with Crippen molar-refractivity contribution in [3.8, 4) is 5.75 Å². The van der Waals surface area contributed by atoms with E-state index >= 15 is 0 Å². The number of aliphatic carboxylic acids is 2. The summed E-state index contributed by atoms with van der Waals surface area (Å²) in [5, 5.41) is 20.5. The number of carboxylic acids is 2. The second-order valence-corrected chi connectivity index (χ2v) is 11.0. The standard InChI is InChI=1S/C33H41NO7/c1-22(11-17-28-24(3)10-7-19-33(28,4)5)8-6-9-23(2)20-30(36)34-25-12-14-26(15-13-25)41-27(16-18-31(37)38)21-29(35)32(39)40/h6,8-9,11-15,17,20,27H,7,10,16,18-19,21H2,1-5H3,(H,34,36)(H,37,38)(H,39,40). The van der Waals surface area contributed by atoms with E-state index in [0.29, 0.717) is 11.4 Å². The van der Waals surface area contributed by atoms with Gasteiger partial charge in [0.2, 0.25) is 11.7 Å². The maximum absolute atomic E-state index is 12.5. The first kappa shape index (κ1) is 33.0. The molecule has 220 valence electrons. The summed E-state index contributed by atoms with van der Waals surface area (Å²) < 4.78 is 5.65. The minimum atomic E-state index is -1.60. The molecule has 0 aliphatic heterocycles. The highest BCUT2D eigenvalue weighted by atomic mass is 16.5. The van der Waals surface area contributed by atoms with Crippen LogP contribution in [0.3, 0.4) is 0 Å². The van der Waals surface area contributed by atoms with Crippen molar-refractivity contribution in [3.63, 3.8) is 0 Å². The van der Waals surface area contributed by atoms with E-state index in [4.69, 9.17) is 14.9 Å². The molecule has 0 saturated carbocycles. The molecule has 0 aromatic heterocycles. The zero-order valence-corrected chi connectivity index (χ0v) is 24.5. The number of carboxylic acid groups (broad SMARTS) is 2. The number of benzene rings is 1. The lowest BCUT2D eigenvalue weighted by atomic mass is 9.72. The highest BCUT2D eigenvalue weighted by Gasteiger charge is 2.26. The molecule has 1 amide bonds. The summed E-state index contributed by atoms with van der Waals surface area (Å²) in [4.78, 5) is 45.8. The van der Waals surface area contributed by atoms with Crippen LogP contribution in [0.2, 0.25) is 0 Å². The Bertz CT molecular complexity index is 1280. The Morgan fingerprint density at radius 2 is 1.73 bits per heavy atom. The predicted molar refractivity (Wildman–Crippen MR) is 160 cm³/mol. The third-order valence-corrected chi connectivity index (χ3v) is 6.89. The minimum absolute atomic E-state index is 0.0225. The molecule has 1 unspecified atom stereocenters. The van der Waals surface area contributed by atoms with Gasteiger partial charge in [-0.3, -0.25) is 14.4 Å². The van der Waals surface area contributed by atoms with Gasteiger partial charge in [-0.1, -0.05) is 55.4 Å². The molecule has 0 heterocycles. The number of amides is 1. The Labute approximate surface area is 242 Å². The van der Waals surface area contributed by atoms with Gasteiger partial charge in [-0.25, -0.2) is 4.79 Å². The molecule has 41 heavy (non-hydrogen) atoms. The van der Waals surface area contributed by atoms with Crippen molar-refractivity contribution in [3.05, 3.63) is 83.0 Å². The minimum Gasteiger partial charge on any atom is -0.490 e. The molecule has 2 rings (SSSR count). The monoisotopic (exact) mass is 563 g/mol. The molecule has 1 aliphatic rings. The number of carbonyl (C=O) groups is 4. The molecule has 8 nitrogen and oxygen atoms in total. The van der Waals surface area contributed by atoms with E-state index in [-0.39, 0.29) is 24.2 Å². The van der Waals surface area contributed by atoms with Gasteiger partial charge in [0.25, 0.3) is 0 Å². The molecule has 1 aromatic carbocycles. The second kappa shape index (κ2) is 15.6. The first-order valence-corrected chi connectivity index (χ1v) is 13.7. The molecule has 0 radical (unpaired) electrons. The first-order chi connectivity index (χ1) is 19.3. The fourth-order valence-electron chi connectivity index (χ4n) is 4.66. The van der Waals surface area contributed by atoms with Crippen molar-refractivity contribution in [1.82, 2.24) is 0 Å². The molecule has 0 bridgehead atoms. The van der Waals surface area contributed by atoms with Crippen molar-refractivity contribution in [2.75, 3.05) is 5.32 Å². The first-order valence-electron chi connectivity index (χ1n) is 13.7. The average molecular weight is 564 g/mol. The van der Waals surface area contributed by atoms with E-state index < -0.39 is 30.2 Å². The number of carbonyl (C=O) groups excluding carboxylic acids is 2. The van der Waals surface area contributed by atoms with Crippen LogP contribution in [-0.2, 0) is 19.2 Å². The van der Waals surface area contributed by atoms with Crippen LogP contribution in [0, 0.1) is 5.41 Å². The Kier molecular flexibility index (Phi) is 12.5. The van der Waals surface area contributed by atoms with E-state index in [9.17, 15) is 19.2 Å². The highest BCUT2D eigenvalue weighted by molar-refractivity contribution is 6.32. The number of anilines is 1. The quantitative estimate of drug-likeness (QED) is 0.129. The Morgan fingerprint density at radius 1 is 1.05 bits per heavy atom. The van der Waals surface area contributed by atoms with Crippen molar-refractivity contribution in [2.24, 2.45) is 5.41 Å². The Morgan fingerprint density at radius 3 is 2.34 bits per heavy atom. The third kappa shape index (κ3) is 11.8. The third-order valence-electron chi connectivity index (χ3n) is 6.89. The molecule has 0 spiro atoms. The summed E-state index contributed by atoms with van der Waals surface area (Å²) >= 11 is 0. The maximum Gasteiger partial charge on any atom is 0.372 e. The predicted octanol–water partition coefficient (Wildman–Crippen LogP) is 6.81. The van der Waals surface area contributed by atoms with E-state index in [0.717, 1.165) is 17.6 Å². The lowest BCUT2D eigenvalue weighted by Crippen LogP contribution is -2.26. The summed E-state index contributed by atoms with van der Waals surface area (Å²) in [7, 11) is 0. The number of Topliss-reactive ketones (excluding diaryl/α,β-unsaturated/α-hetero) is 1. The average Bonchev–Trinajstić information content (AvgIpc) is 2.87. The number of rotatable bonds is 14. The number of hydrogen-bond acceptors (Lipinski definition) is 5. The molecule has 0 fully saturated rings. The molecule has 1 atom stereocenters. The lowest BCUT2D eigenvalue weighted by Gasteiger charge is -2.32. The summed E-state index contributed by atoms with van der Waals surface area (Å²) in [6.07, 6.45) is 13.6. The zero-order chi connectivity index (χ0) is 30.6. The van der Waals surface area contributed by atoms with E-state index in [1.807, 2.05) is 32.1 Å². The molecular weight excluding hydrogens is 522 g/mol. The van der Waals surface area contributed by atoms with Gasteiger partial charge < -0.3 is 20.3 Å². The second-order valence-electron chi connectivity index (χ2n) is 11.0. The van der Waals surface area contributed by atoms with Crippen LogP contribution in [0.4, 0.5) is 5.69 Å². The van der Waals surface area contributed by atoms with Crippen LogP contribution in [0.5, 0.6) is 5.75 Å². The molecule has 1 aliphatic carbocycles. The number of hydrogen-bond donors (Lipinski definition) is 3. The van der Waals surface area contributed by atoms with Gasteiger partial charge in [0.05, 0.1) is 6.42 Å². The smallest absolute Gasteiger partial charge is 0.372 e. The normalized spacial score (nSPS) is 16.6. The Hall–Kier alpha value is -4.20. The molecule has 1 aromatic rings. The number of ketones is 1.